The standard InChI is InChI=1S/C7H7NO3/c1-2-5(9)8-6(10)3-4-7(8)11/h2-5,9H,1H2. The van der Waals surface area contributed by atoms with Crippen molar-refractivity contribution in [3.63, 3.8) is 0 Å². The van der Waals surface area contributed by atoms with Gasteiger partial charge in [0.2, 0.25) is 0 Å². The lowest BCUT2D eigenvalue weighted by molar-refractivity contribution is -0.144. The van der Waals surface area contributed by atoms with Crippen LogP contribution in [0.15, 0.2) is 24.8 Å². The molecule has 0 aromatic heterocycles. The van der Waals surface area contributed by atoms with Crippen LogP contribution in [0.25, 0.3) is 0 Å². The van der Waals surface area contributed by atoms with E-state index in [0.717, 1.165) is 18.2 Å². The second kappa shape index (κ2) is 2.67. The average molecular weight is 153 g/mol. The van der Waals surface area contributed by atoms with Gasteiger partial charge in [-0.1, -0.05) is 6.58 Å². The van der Waals surface area contributed by atoms with Crippen molar-refractivity contribution in [3.05, 3.63) is 24.8 Å². The van der Waals surface area contributed by atoms with Crippen LogP contribution >= 0.6 is 0 Å². The smallest absolute Gasteiger partial charge is 0.256 e. The van der Waals surface area contributed by atoms with Crippen molar-refractivity contribution in [1.29, 1.82) is 0 Å². The Bertz CT molecular complexity index is 226. The van der Waals surface area contributed by atoms with Crippen LogP contribution in [0.3, 0.4) is 0 Å². The van der Waals surface area contributed by atoms with E-state index >= 15 is 0 Å². The Morgan fingerprint density at radius 1 is 1.45 bits per heavy atom. The van der Waals surface area contributed by atoms with E-state index in [1.54, 1.807) is 0 Å². The zero-order valence-electron chi connectivity index (χ0n) is 5.73. The van der Waals surface area contributed by atoms with Gasteiger partial charge in [0, 0.05) is 12.2 Å². The molecule has 0 spiro atoms. The first-order valence-electron chi connectivity index (χ1n) is 3.02. The third-order valence-electron chi connectivity index (χ3n) is 1.32. The van der Waals surface area contributed by atoms with Crippen LogP contribution in [0.4, 0.5) is 0 Å². The Labute approximate surface area is 63.4 Å². The quantitative estimate of drug-likeness (QED) is 0.426. The molecule has 11 heavy (non-hydrogen) atoms. The van der Waals surface area contributed by atoms with Crippen molar-refractivity contribution in [2.24, 2.45) is 0 Å². The number of imide groups is 1. The number of aliphatic hydroxyl groups is 1. The summed E-state index contributed by atoms with van der Waals surface area (Å²) in [5.74, 6) is -1.02. The molecule has 1 N–H and O–H groups in total. The molecular formula is C7H7NO3. The van der Waals surface area contributed by atoms with Crippen LogP contribution in [-0.4, -0.2) is 28.0 Å². The van der Waals surface area contributed by atoms with Gasteiger partial charge in [-0.25, -0.2) is 4.90 Å². The van der Waals surface area contributed by atoms with Gasteiger partial charge in [-0.05, 0) is 6.08 Å². The largest absolute Gasteiger partial charge is 0.369 e. The summed E-state index contributed by atoms with van der Waals surface area (Å²) in [5.41, 5.74) is 0. The summed E-state index contributed by atoms with van der Waals surface area (Å²) in [6.07, 6.45) is 2.11. The summed E-state index contributed by atoms with van der Waals surface area (Å²) < 4.78 is 0. The third kappa shape index (κ3) is 1.20. The van der Waals surface area contributed by atoms with Gasteiger partial charge >= 0.3 is 0 Å². The monoisotopic (exact) mass is 153 g/mol. The van der Waals surface area contributed by atoms with Gasteiger partial charge in [0.25, 0.3) is 11.8 Å². The zero-order valence-corrected chi connectivity index (χ0v) is 5.73. The molecule has 4 nitrogen and oxygen atoms in total. The number of hydrogen-bond donors (Lipinski definition) is 1. The number of carbonyl (C=O) groups excluding carboxylic acids is 2. The van der Waals surface area contributed by atoms with Crippen molar-refractivity contribution in [3.8, 4) is 0 Å². The van der Waals surface area contributed by atoms with Crippen LogP contribution in [0.2, 0.25) is 0 Å². The maximum absolute atomic E-state index is 10.8. The first kappa shape index (κ1) is 7.68. The van der Waals surface area contributed by atoms with Gasteiger partial charge in [0.05, 0.1) is 0 Å². The van der Waals surface area contributed by atoms with Crippen molar-refractivity contribution < 1.29 is 14.7 Å². The maximum atomic E-state index is 10.8. The molecule has 0 fully saturated rings. The lowest BCUT2D eigenvalue weighted by Gasteiger charge is -2.16. The van der Waals surface area contributed by atoms with E-state index in [-0.39, 0.29) is 0 Å². The number of carbonyl (C=O) groups is 2. The van der Waals surface area contributed by atoms with Gasteiger partial charge in [-0.3, -0.25) is 9.59 Å². The Kier molecular flexibility index (Phi) is 1.87. The fraction of sp³-hybridized carbons (Fsp3) is 0.143. The summed E-state index contributed by atoms with van der Waals surface area (Å²) in [4.78, 5) is 22.3. The first-order chi connectivity index (χ1) is 5.16. The highest BCUT2D eigenvalue weighted by atomic mass is 16.3. The number of aliphatic hydroxyl groups excluding tert-OH is 1. The first-order valence-corrected chi connectivity index (χ1v) is 3.02. The van der Waals surface area contributed by atoms with Crippen molar-refractivity contribution in [1.82, 2.24) is 4.90 Å². The fourth-order valence-electron chi connectivity index (χ4n) is 0.778. The molecule has 1 aliphatic heterocycles. The van der Waals surface area contributed by atoms with E-state index in [0.29, 0.717) is 4.90 Å². The second-order valence-electron chi connectivity index (χ2n) is 2.03. The number of nitrogens with zero attached hydrogens (tertiary/aromatic N) is 1. The third-order valence-corrected chi connectivity index (χ3v) is 1.32. The van der Waals surface area contributed by atoms with Gasteiger partial charge < -0.3 is 5.11 Å². The lowest BCUT2D eigenvalue weighted by Crippen LogP contribution is -2.38. The van der Waals surface area contributed by atoms with Crippen molar-refractivity contribution in [2.45, 2.75) is 6.23 Å². The molecular weight excluding hydrogens is 146 g/mol. The Hall–Kier alpha value is -1.42. The summed E-state index contributed by atoms with van der Waals surface area (Å²) >= 11 is 0. The van der Waals surface area contributed by atoms with E-state index in [9.17, 15) is 9.59 Å². The van der Waals surface area contributed by atoms with Crippen LogP contribution in [-0.2, 0) is 9.59 Å². The summed E-state index contributed by atoms with van der Waals surface area (Å²) in [5, 5.41) is 9.02. The molecule has 0 saturated heterocycles. The van der Waals surface area contributed by atoms with Crippen molar-refractivity contribution >= 4 is 11.8 Å². The predicted octanol–water partition coefficient (Wildman–Crippen LogP) is -0.584. The Balaban J connectivity index is 2.81. The molecule has 0 bridgehead atoms. The molecule has 0 radical (unpaired) electrons. The van der Waals surface area contributed by atoms with E-state index < -0.39 is 18.0 Å². The van der Waals surface area contributed by atoms with E-state index in [4.69, 9.17) is 5.11 Å². The van der Waals surface area contributed by atoms with Crippen LogP contribution in [0, 0.1) is 0 Å². The summed E-state index contributed by atoms with van der Waals surface area (Å²) in [7, 11) is 0. The molecule has 58 valence electrons. The highest BCUT2D eigenvalue weighted by Crippen LogP contribution is 2.07. The minimum absolute atomic E-state index is 0.512. The molecule has 1 unspecified atom stereocenters. The SMILES string of the molecule is C=CC(O)N1C(=O)C=CC1=O. The van der Waals surface area contributed by atoms with E-state index in [2.05, 4.69) is 6.58 Å². The van der Waals surface area contributed by atoms with Crippen LogP contribution < -0.4 is 0 Å². The Morgan fingerprint density at radius 2 is 1.91 bits per heavy atom. The van der Waals surface area contributed by atoms with Gasteiger partial charge in [-0.15, -0.1) is 0 Å². The normalized spacial score (nSPS) is 19.2. The summed E-state index contributed by atoms with van der Waals surface area (Å²) in [6, 6.07) is 0. The highest BCUT2D eigenvalue weighted by molar-refractivity contribution is 6.13. The average Bonchev–Trinajstić information content (AvgIpc) is 2.30. The van der Waals surface area contributed by atoms with Gasteiger partial charge in [0.1, 0.15) is 0 Å². The van der Waals surface area contributed by atoms with Crippen LogP contribution in [0.1, 0.15) is 0 Å². The molecule has 2 amide bonds. The lowest BCUT2D eigenvalue weighted by atomic mass is 10.4. The highest BCUT2D eigenvalue weighted by Gasteiger charge is 2.27. The van der Waals surface area contributed by atoms with E-state index in [1.807, 2.05) is 0 Å². The van der Waals surface area contributed by atoms with Gasteiger partial charge in [-0.2, -0.15) is 0 Å². The molecule has 1 heterocycles. The van der Waals surface area contributed by atoms with E-state index in [1.165, 1.54) is 0 Å². The molecule has 1 rings (SSSR count). The van der Waals surface area contributed by atoms with Crippen LogP contribution in [0.5, 0.6) is 0 Å². The fourth-order valence-corrected chi connectivity index (χ4v) is 0.778. The molecule has 1 aliphatic rings. The summed E-state index contributed by atoms with van der Waals surface area (Å²) in [6.45, 7) is 3.25. The minimum atomic E-state index is -1.22. The number of hydrogen-bond acceptors (Lipinski definition) is 3. The molecule has 4 heteroatoms. The Morgan fingerprint density at radius 3 is 2.27 bits per heavy atom. The van der Waals surface area contributed by atoms with Crippen molar-refractivity contribution in [2.75, 3.05) is 0 Å². The molecule has 0 saturated carbocycles. The molecule has 0 aromatic carbocycles. The van der Waals surface area contributed by atoms with Gasteiger partial charge in [0.15, 0.2) is 6.23 Å². The molecule has 1 atom stereocenters. The second-order valence-corrected chi connectivity index (χ2v) is 2.03. The number of rotatable bonds is 2. The maximum Gasteiger partial charge on any atom is 0.256 e. The minimum Gasteiger partial charge on any atom is -0.369 e. The zero-order chi connectivity index (χ0) is 8.43. The molecule has 0 aromatic rings. The molecule has 0 aliphatic carbocycles. The topological polar surface area (TPSA) is 57.6 Å². The predicted molar refractivity (Wildman–Crippen MR) is 37.2 cm³/mol. The number of amides is 2.